The summed E-state index contributed by atoms with van der Waals surface area (Å²) in [5, 5.41) is 18.4. The fourth-order valence-electron chi connectivity index (χ4n) is 1.93. The fraction of sp³-hybridized carbons (Fsp3) is 0.889. The fourth-order valence-corrected chi connectivity index (χ4v) is 1.93. The van der Waals surface area contributed by atoms with Gasteiger partial charge in [0.05, 0.1) is 17.6 Å². The minimum Gasteiger partial charge on any atom is -0.481 e. The molecular weight excluding hydrogens is 172 g/mol. The first-order chi connectivity index (χ1) is 5.98. The molecule has 4 nitrogen and oxygen atoms in total. The zero-order chi connectivity index (χ0) is 10.1. The molecule has 2 N–H and O–H groups in total. The first-order valence-electron chi connectivity index (χ1n) is 4.42. The summed E-state index contributed by atoms with van der Waals surface area (Å²) in [6.07, 6.45) is 0.655. The lowest BCUT2D eigenvalue weighted by Gasteiger charge is -2.36. The molecule has 4 heteroatoms. The van der Waals surface area contributed by atoms with E-state index in [0.717, 1.165) is 0 Å². The van der Waals surface area contributed by atoms with E-state index in [1.807, 2.05) is 0 Å². The first-order valence-corrected chi connectivity index (χ1v) is 4.42. The average molecular weight is 188 g/mol. The number of rotatable bonds is 2. The van der Waals surface area contributed by atoms with Crippen LogP contribution in [0, 0.1) is 5.41 Å². The Balaban J connectivity index is 2.71. The van der Waals surface area contributed by atoms with Crippen LogP contribution in [0.15, 0.2) is 0 Å². The number of aliphatic hydroxyl groups excluding tert-OH is 1. The van der Waals surface area contributed by atoms with Crippen molar-refractivity contribution in [1.29, 1.82) is 0 Å². The van der Waals surface area contributed by atoms with E-state index < -0.39 is 17.5 Å². The number of hydrogen-bond acceptors (Lipinski definition) is 3. The van der Waals surface area contributed by atoms with Crippen LogP contribution in [-0.2, 0) is 9.53 Å². The van der Waals surface area contributed by atoms with Gasteiger partial charge in [0.1, 0.15) is 0 Å². The normalized spacial score (nSPS) is 40.2. The molecule has 0 aromatic rings. The van der Waals surface area contributed by atoms with E-state index in [4.69, 9.17) is 9.84 Å². The second-order valence-corrected chi connectivity index (χ2v) is 4.02. The molecule has 0 aromatic carbocycles. The van der Waals surface area contributed by atoms with Crippen LogP contribution in [0.3, 0.4) is 0 Å². The van der Waals surface area contributed by atoms with E-state index >= 15 is 0 Å². The largest absolute Gasteiger partial charge is 0.481 e. The van der Waals surface area contributed by atoms with E-state index in [-0.39, 0.29) is 6.10 Å². The van der Waals surface area contributed by atoms with E-state index in [2.05, 4.69) is 0 Å². The maximum Gasteiger partial charge on any atom is 0.309 e. The third-order valence-corrected chi connectivity index (χ3v) is 2.75. The number of carboxylic acids is 1. The molecule has 1 aliphatic rings. The maximum absolute atomic E-state index is 10.9. The van der Waals surface area contributed by atoms with Crippen molar-refractivity contribution in [3.05, 3.63) is 0 Å². The number of carboxylic acid groups (broad SMARTS) is 1. The van der Waals surface area contributed by atoms with Gasteiger partial charge in [-0.25, -0.2) is 0 Å². The molecule has 0 spiro atoms. The predicted molar refractivity (Wildman–Crippen MR) is 46.4 cm³/mol. The highest BCUT2D eigenvalue weighted by Crippen LogP contribution is 2.37. The average Bonchev–Trinajstić information content (AvgIpc) is 2.02. The van der Waals surface area contributed by atoms with Gasteiger partial charge in [0.2, 0.25) is 0 Å². The summed E-state index contributed by atoms with van der Waals surface area (Å²) in [4.78, 5) is 10.9. The molecule has 13 heavy (non-hydrogen) atoms. The van der Waals surface area contributed by atoms with Crippen LogP contribution < -0.4 is 0 Å². The van der Waals surface area contributed by atoms with Crippen molar-refractivity contribution in [2.75, 3.05) is 7.11 Å². The Morgan fingerprint density at radius 3 is 2.62 bits per heavy atom. The Morgan fingerprint density at radius 2 is 2.15 bits per heavy atom. The molecule has 0 heterocycles. The minimum absolute atomic E-state index is 0.134. The van der Waals surface area contributed by atoms with Gasteiger partial charge in [0.25, 0.3) is 0 Å². The van der Waals surface area contributed by atoms with Crippen molar-refractivity contribution in [1.82, 2.24) is 0 Å². The van der Waals surface area contributed by atoms with Gasteiger partial charge in [0.15, 0.2) is 0 Å². The Bertz CT molecular complexity index is 204. The highest BCUT2D eigenvalue weighted by Gasteiger charge is 2.42. The van der Waals surface area contributed by atoms with Gasteiger partial charge >= 0.3 is 5.97 Å². The molecule has 0 saturated heterocycles. The van der Waals surface area contributed by atoms with Crippen LogP contribution in [0.4, 0.5) is 0 Å². The lowest BCUT2D eigenvalue weighted by Crippen LogP contribution is -2.42. The zero-order valence-corrected chi connectivity index (χ0v) is 7.99. The Morgan fingerprint density at radius 1 is 1.54 bits per heavy atom. The predicted octanol–water partition coefficient (Wildman–Crippen LogP) is 0.637. The Labute approximate surface area is 77.5 Å². The smallest absolute Gasteiger partial charge is 0.309 e. The second-order valence-electron chi connectivity index (χ2n) is 4.02. The molecule has 0 radical (unpaired) electrons. The quantitative estimate of drug-likeness (QED) is 0.667. The maximum atomic E-state index is 10.9. The van der Waals surface area contributed by atoms with E-state index in [1.165, 1.54) is 0 Å². The van der Waals surface area contributed by atoms with Gasteiger partial charge in [-0.2, -0.15) is 0 Å². The third kappa shape index (κ3) is 2.19. The summed E-state index contributed by atoms with van der Waals surface area (Å²) in [6, 6.07) is 0. The molecule has 1 fully saturated rings. The van der Waals surface area contributed by atoms with Crippen molar-refractivity contribution in [2.45, 2.75) is 38.4 Å². The van der Waals surface area contributed by atoms with Gasteiger partial charge in [0, 0.05) is 7.11 Å². The van der Waals surface area contributed by atoms with Crippen molar-refractivity contribution in [2.24, 2.45) is 5.41 Å². The molecule has 0 bridgehead atoms. The summed E-state index contributed by atoms with van der Waals surface area (Å²) in [5.41, 5.74) is -0.835. The molecule has 1 aliphatic carbocycles. The van der Waals surface area contributed by atoms with Crippen molar-refractivity contribution < 1.29 is 19.7 Å². The SMILES string of the molecule is COC1CC(O)CC(C)(C(=O)O)C1. The minimum atomic E-state index is -0.853. The molecular formula is C9H16O4. The summed E-state index contributed by atoms with van der Waals surface area (Å²) < 4.78 is 5.08. The summed E-state index contributed by atoms with van der Waals surface area (Å²) in [6.45, 7) is 1.66. The molecule has 3 unspecified atom stereocenters. The standard InChI is InChI=1S/C9H16O4/c1-9(8(11)12)4-6(10)3-7(5-9)13-2/h6-7,10H,3-5H2,1-2H3,(H,11,12). The Kier molecular flexibility index (Phi) is 2.93. The lowest BCUT2D eigenvalue weighted by molar-refractivity contribution is -0.156. The number of hydrogen-bond donors (Lipinski definition) is 2. The van der Waals surface area contributed by atoms with Gasteiger partial charge in [-0.15, -0.1) is 0 Å². The lowest BCUT2D eigenvalue weighted by atomic mass is 9.73. The summed E-state index contributed by atoms with van der Waals surface area (Å²) >= 11 is 0. The van der Waals surface area contributed by atoms with Gasteiger partial charge in [-0.1, -0.05) is 0 Å². The van der Waals surface area contributed by atoms with Crippen molar-refractivity contribution in [3.8, 4) is 0 Å². The number of ether oxygens (including phenoxy) is 1. The van der Waals surface area contributed by atoms with Crippen LogP contribution in [0.5, 0.6) is 0 Å². The van der Waals surface area contributed by atoms with Gasteiger partial charge in [-0.3, -0.25) is 4.79 Å². The number of carbonyl (C=O) groups is 1. The first kappa shape index (κ1) is 10.5. The highest BCUT2D eigenvalue weighted by atomic mass is 16.5. The van der Waals surface area contributed by atoms with Crippen LogP contribution in [-0.4, -0.2) is 35.5 Å². The van der Waals surface area contributed by atoms with Gasteiger partial charge < -0.3 is 14.9 Å². The number of aliphatic hydroxyl groups is 1. The summed E-state index contributed by atoms with van der Waals surface area (Å²) in [5.74, 6) is -0.853. The molecule has 0 amide bonds. The van der Waals surface area contributed by atoms with Crippen molar-refractivity contribution in [3.63, 3.8) is 0 Å². The van der Waals surface area contributed by atoms with Crippen LogP contribution >= 0.6 is 0 Å². The molecule has 1 rings (SSSR count). The zero-order valence-electron chi connectivity index (χ0n) is 7.99. The Hall–Kier alpha value is -0.610. The second kappa shape index (κ2) is 3.64. The molecule has 0 aliphatic heterocycles. The third-order valence-electron chi connectivity index (χ3n) is 2.75. The molecule has 0 aromatic heterocycles. The van der Waals surface area contributed by atoms with Gasteiger partial charge in [-0.05, 0) is 26.2 Å². The summed E-state index contributed by atoms with van der Waals surface area (Å²) in [7, 11) is 1.55. The number of methoxy groups -OCH3 is 1. The van der Waals surface area contributed by atoms with Crippen molar-refractivity contribution >= 4 is 5.97 Å². The molecule has 1 saturated carbocycles. The topological polar surface area (TPSA) is 66.8 Å². The molecule has 76 valence electrons. The van der Waals surface area contributed by atoms with Crippen LogP contribution in [0.1, 0.15) is 26.2 Å². The van der Waals surface area contributed by atoms with E-state index in [1.54, 1.807) is 14.0 Å². The van der Waals surface area contributed by atoms with E-state index in [9.17, 15) is 9.90 Å². The highest BCUT2D eigenvalue weighted by molar-refractivity contribution is 5.74. The van der Waals surface area contributed by atoms with E-state index in [0.29, 0.717) is 19.3 Å². The van der Waals surface area contributed by atoms with Crippen LogP contribution in [0.25, 0.3) is 0 Å². The molecule has 3 atom stereocenters. The van der Waals surface area contributed by atoms with Crippen LogP contribution in [0.2, 0.25) is 0 Å². The number of aliphatic carboxylic acids is 1. The monoisotopic (exact) mass is 188 g/mol.